The van der Waals surface area contributed by atoms with Crippen molar-refractivity contribution in [1.29, 1.82) is 0 Å². The van der Waals surface area contributed by atoms with Crippen LogP contribution >= 0.6 is 0 Å². The van der Waals surface area contributed by atoms with Crippen LogP contribution in [-0.2, 0) is 4.79 Å². The molecule has 1 amide bonds. The van der Waals surface area contributed by atoms with Gasteiger partial charge in [-0.3, -0.25) is 4.79 Å². The summed E-state index contributed by atoms with van der Waals surface area (Å²) in [7, 11) is 0. The van der Waals surface area contributed by atoms with E-state index >= 15 is 0 Å². The Kier molecular flexibility index (Phi) is 3.20. The molecule has 1 heterocycles. The fraction of sp³-hybridized carbons (Fsp3) is 0.333. The lowest BCUT2D eigenvalue weighted by Crippen LogP contribution is -2.48. The van der Waals surface area contributed by atoms with Gasteiger partial charge in [-0.25, -0.2) is 8.78 Å². The van der Waals surface area contributed by atoms with E-state index in [1.807, 2.05) is 30.5 Å². The smallest absolute Gasteiger partial charge is 0.267 e. The number of carbonyl (C=O) groups is 1. The molecule has 0 aliphatic heterocycles. The number of amides is 1. The summed E-state index contributed by atoms with van der Waals surface area (Å²) in [5.41, 5.74) is 1.97. The Morgan fingerprint density at radius 2 is 2.15 bits per heavy atom. The van der Waals surface area contributed by atoms with E-state index in [0.717, 1.165) is 22.4 Å². The first-order valence-electron chi connectivity index (χ1n) is 6.60. The van der Waals surface area contributed by atoms with Gasteiger partial charge in [-0.1, -0.05) is 18.2 Å². The van der Waals surface area contributed by atoms with Gasteiger partial charge in [0.25, 0.3) is 5.92 Å². The topological polar surface area (TPSA) is 44.9 Å². The zero-order chi connectivity index (χ0) is 14.2. The molecule has 1 radical (unpaired) electrons. The monoisotopic (exact) mass is 277 g/mol. The van der Waals surface area contributed by atoms with Crippen LogP contribution in [0.2, 0.25) is 0 Å². The average Bonchev–Trinajstić information content (AvgIpc) is 2.85. The first-order valence-corrected chi connectivity index (χ1v) is 6.60. The SMILES string of the molecule is O=CNC1C[C](c2c[nH]c3ccccc23)CCC1(F)F. The molecule has 1 aliphatic carbocycles. The summed E-state index contributed by atoms with van der Waals surface area (Å²) in [6, 6.07) is 6.68. The van der Waals surface area contributed by atoms with Crippen LogP contribution in [0, 0.1) is 5.92 Å². The van der Waals surface area contributed by atoms with Crippen molar-refractivity contribution < 1.29 is 13.6 Å². The molecule has 1 atom stereocenters. The minimum absolute atomic E-state index is 0.188. The number of fused-ring (bicyclic) bond motifs is 1. The van der Waals surface area contributed by atoms with Crippen molar-refractivity contribution in [1.82, 2.24) is 10.3 Å². The Hall–Kier alpha value is -1.91. The Bertz CT molecular complexity index is 623. The maximum Gasteiger partial charge on any atom is 0.267 e. The quantitative estimate of drug-likeness (QED) is 0.832. The van der Waals surface area contributed by atoms with Crippen molar-refractivity contribution in [3.05, 3.63) is 41.9 Å². The highest BCUT2D eigenvalue weighted by atomic mass is 19.3. The average molecular weight is 277 g/mol. The second kappa shape index (κ2) is 4.89. The number of hydrogen-bond acceptors (Lipinski definition) is 1. The standard InChI is InChI=1S/C15H15F2N2O/c16-15(17)6-5-10(7-14(15)19-9-20)12-8-18-13-4-2-1-3-11(12)13/h1-4,8-9,14,18H,5-7H2,(H,19,20). The summed E-state index contributed by atoms with van der Waals surface area (Å²) >= 11 is 0. The second-order valence-corrected chi connectivity index (χ2v) is 5.15. The zero-order valence-corrected chi connectivity index (χ0v) is 10.8. The van der Waals surface area contributed by atoms with E-state index in [-0.39, 0.29) is 12.8 Å². The van der Waals surface area contributed by atoms with Gasteiger partial charge in [0.05, 0.1) is 6.04 Å². The van der Waals surface area contributed by atoms with E-state index in [1.165, 1.54) is 0 Å². The van der Waals surface area contributed by atoms with Crippen molar-refractivity contribution in [2.45, 2.75) is 31.2 Å². The van der Waals surface area contributed by atoms with Crippen molar-refractivity contribution in [2.75, 3.05) is 0 Å². The lowest BCUT2D eigenvalue weighted by Gasteiger charge is -2.35. The van der Waals surface area contributed by atoms with Gasteiger partial charge in [0.2, 0.25) is 6.41 Å². The van der Waals surface area contributed by atoms with Gasteiger partial charge in [-0.2, -0.15) is 0 Å². The maximum atomic E-state index is 13.7. The molecular formula is C15H15F2N2O. The molecule has 105 valence electrons. The number of alkyl halides is 2. The molecule has 1 fully saturated rings. The van der Waals surface area contributed by atoms with Crippen LogP contribution in [0.15, 0.2) is 30.5 Å². The fourth-order valence-electron chi connectivity index (χ4n) is 2.86. The van der Waals surface area contributed by atoms with Crippen molar-refractivity contribution >= 4 is 17.3 Å². The number of para-hydroxylation sites is 1. The molecule has 2 aromatic rings. The van der Waals surface area contributed by atoms with Crippen LogP contribution < -0.4 is 5.32 Å². The van der Waals surface area contributed by atoms with Gasteiger partial charge in [0.15, 0.2) is 0 Å². The second-order valence-electron chi connectivity index (χ2n) is 5.15. The molecule has 0 bridgehead atoms. The van der Waals surface area contributed by atoms with Crippen LogP contribution in [0.1, 0.15) is 24.8 Å². The molecule has 3 rings (SSSR count). The van der Waals surface area contributed by atoms with Gasteiger partial charge in [0.1, 0.15) is 0 Å². The normalized spacial score (nSPS) is 22.8. The minimum atomic E-state index is -2.84. The lowest BCUT2D eigenvalue weighted by molar-refractivity contribution is -0.115. The molecule has 1 unspecified atom stereocenters. The largest absolute Gasteiger partial charge is 0.361 e. The van der Waals surface area contributed by atoms with Crippen LogP contribution in [-0.4, -0.2) is 23.4 Å². The van der Waals surface area contributed by atoms with E-state index < -0.39 is 12.0 Å². The first-order chi connectivity index (χ1) is 9.62. The van der Waals surface area contributed by atoms with Crippen LogP contribution in [0.3, 0.4) is 0 Å². The molecular weight excluding hydrogens is 262 g/mol. The van der Waals surface area contributed by atoms with Gasteiger partial charge in [-0.05, 0) is 24.5 Å². The summed E-state index contributed by atoms with van der Waals surface area (Å²) in [6.45, 7) is 0. The molecule has 0 saturated heterocycles. The highest BCUT2D eigenvalue weighted by Crippen LogP contribution is 2.42. The summed E-state index contributed by atoms with van der Waals surface area (Å²) in [5, 5.41) is 3.29. The van der Waals surface area contributed by atoms with E-state index in [0.29, 0.717) is 12.8 Å². The van der Waals surface area contributed by atoms with Gasteiger partial charge in [-0.15, -0.1) is 0 Å². The third-order valence-electron chi connectivity index (χ3n) is 3.96. The molecule has 1 aromatic carbocycles. The molecule has 1 aliphatic rings. The molecule has 2 N–H and O–H groups in total. The number of rotatable bonds is 3. The van der Waals surface area contributed by atoms with Gasteiger partial charge in [0, 0.05) is 29.4 Å². The maximum absolute atomic E-state index is 13.7. The predicted molar refractivity (Wildman–Crippen MR) is 72.4 cm³/mol. The fourth-order valence-corrected chi connectivity index (χ4v) is 2.86. The van der Waals surface area contributed by atoms with E-state index in [4.69, 9.17) is 0 Å². The number of aromatic amines is 1. The first kappa shape index (κ1) is 13.1. The lowest BCUT2D eigenvalue weighted by atomic mass is 9.79. The summed E-state index contributed by atoms with van der Waals surface area (Å²) in [6.07, 6.45) is 2.53. The van der Waals surface area contributed by atoms with Crippen molar-refractivity contribution in [3.8, 4) is 0 Å². The third-order valence-corrected chi connectivity index (χ3v) is 3.96. The summed E-state index contributed by atoms with van der Waals surface area (Å²) in [5.74, 6) is -1.87. The molecule has 3 nitrogen and oxygen atoms in total. The predicted octanol–water partition coefficient (Wildman–Crippen LogP) is 3.02. The number of H-pyrrole nitrogens is 1. The van der Waals surface area contributed by atoms with Crippen molar-refractivity contribution in [2.24, 2.45) is 0 Å². The van der Waals surface area contributed by atoms with Crippen LogP contribution in [0.5, 0.6) is 0 Å². The number of nitrogens with one attached hydrogen (secondary N) is 2. The Morgan fingerprint density at radius 3 is 2.95 bits per heavy atom. The third kappa shape index (κ3) is 2.17. The highest BCUT2D eigenvalue weighted by Gasteiger charge is 2.45. The van der Waals surface area contributed by atoms with Gasteiger partial charge < -0.3 is 10.3 Å². The van der Waals surface area contributed by atoms with Crippen molar-refractivity contribution in [3.63, 3.8) is 0 Å². The van der Waals surface area contributed by atoms with Crippen LogP contribution in [0.25, 0.3) is 10.9 Å². The van der Waals surface area contributed by atoms with E-state index in [1.54, 1.807) is 0 Å². The number of aromatic nitrogens is 1. The number of hydrogen-bond donors (Lipinski definition) is 2. The Labute approximate surface area is 115 Å². The number of halogens is 2. The van der Waals surface area contributed by atoms with Crippen LogP contribution in [0.4, 0.5) is 8.78 Å². The number of carbonyl (C=O) groups excluding carboxylic acids is 1. The molecule has 5 heteroatoms. The summed E-state index contributed by atoms with van der Waals surface area (Å²) in [4.78, 5) is 13.7. The van der Waals surface area contributed by atoms with Gasteiger partial charge >= 0.3 is 0 Å². The molecule has 1 aromatic heterocycles. The molecule has 0 spiro atoms. The Balaban J connectivity index is 1.89. The minimum Gasteiger partial charge on any atom is -0.361 e. The Morgan fingerprint density at radius 1 is 1.35 bits per heavy atom. The summed E-state index contributed by atoms with van der Waals surface area (Å²) < 4.78 is 27.5. The highest BCUT2D eigenvalue weighted by molar-refractivity contribution is 5.85. The zero-order valence-electron chi connectivity index (χ0n) is 10.8. The number of benzene rings is 1. The van der Waals surface area contributed by atoms with E-state index in [9.17, 15) is 13.6 Å². The van der Waals surface area contributed by atoms with E-state index in [2.05, 4.69) is 10.3 Å². The molecule has 1 saturated carbocycles. The molecule has 20 heavy (non-hydrogen) atoms.